The minimum absolute atomic E-state index is 0.105. The Bertz CT molecular complexity index is 595. The summed E-state index contributed by atoms with van der Waals surface area (Å²) >= 11 is 1.62. The second-order valence-corrected chi connectivity index (χ2v) is 5.31. The van der Waals surface area contributed by atoms with E-state index in [1.54, 1.807) is 29.5 Å². The van der Waals surface area contributed by atoms with E-state index in [1.165, 1.54) is 0 Å². The van der Waals surface area contributed by atoms with Crippen molar-refractivity contribution in [2.24, 2.45) is 0 Å². The summed E-state index contributed by atoms with van der Waals surface area (Å²) in [6.07, 6.45) is 0.856. The topological polar surface area (TPSA) is 47.6 Å². The Morgan fingerprint density at radius 1 is 1.20 bits per heavy atom. The number of hydrogen-bond acceptors (Lipinski definition) is 4. The number of amides is 1. The van der Waals surface area contributed by atoms with Crippen molar-refractivity contribution in [1.82, 2.24) is 5.32 Å². The van der Waals surface area contributed by atoms with Gasteiger partial charge in [0.25, 0.3) is 5.91 Å². The molecule has 3 rings (SSSR count). The number of fused-ring (bicyclic) bond motifs is 1. The molecule has 0 bridgehead atoms. The number of nitrogens with one attached hydrogen (secondary N) is 1. The summed E-state index contributed by atoms with van der Waals surface area (Å²) in [5, 5.41) is 6.91. The van der Waals surface area contributed by atoms with Gasteiger partial charge in [0, 0.05) is 18.5 Å². The number of benzene rings is 1. The van der Waals surface area contributed by atoms with Crippen molar-refractivity contribution in [3.05, 3.63) is 46.2 Å². The molecule has 20 heavy (non-hydrogen) atoms. The van der Waals surface area contributed by atoms with Gasteiger partial charge < -0.3 is 14.8 Å². The van der Waals surface area contributed by atoms with E-state index in [9.17, 15) is 4.79 Å². The molecule has 0 saturated heterocycles. The average Bonchev–Trinajstić information content (AvgIpc) is 2.88. The van der Waals surface area contributed by atoms with Crippen LogP contribution < -0.4 is 14.8 Å². The predicted molar refractivity (Wildman–Crippen MR) is 77.5 cm³/mol. The van der Waals surface area contributed by atoms with Crippen molar-refractivity contribution in [1.29, 1.82) is 0 Å². The fraction of sp³-hybridized carbons (Fsp3) is 0.267. The molecule has 1 aliphatic heterocycles. The van der Waals surface area contributed by atoms with Crippen LogP contribution in [0.25, 0.3) is 0 Å². The van der Waals surface area contributed by atoms with E-state index >= 15 is 0 Å². The van der Waals surface area contributed by atoms with Gasteiger partial charge in [-0.1, -0.05) is 0 Å². The quantitative estimate of drug-likeness (QED) is 0.945. The number of rotatable bonds is 3. The maximum Gasteiger partial charge on any atom is 0.251 e. The third-order valence-corrected chi connectivity index (χ3v) is 3.77. The van der Waals surface area contributed by atoms with Crippen molar-refractivity contribution in [2.75, 3.05) is 13.2 Å². The average molecular weight is 289 g/mol. The molecule has 0 aliphatic carbocycles. The van der Waals surface area contributed by atoms with Gasteiger partial charge in [0.05, 0.1) is 13.2 Å². The zero-order chi connectivity index (χ0) is 13.8. The maximum absolute atomic E-state index is 12.1. The van der Waals surface area contributed by atoms with Crippen molar-refractivity contribution in [3.63, 3.8) is 0 Å². The molecule has 0 saturated carbocycles. The van der Waals surface area contributed by atoms with E-state index in [0.717, 1.165) is 12.0 Å². The van der Waals surface area contributed by atoms with E-state index < -0.39 is 0 Å². The fourth-order valence-electron chi connectivity index (χ4n) is 1.98. The molecule has 4 nitrogen and oxygen atoms in total. The molecule has 2 aromatic rings. The van der Waals surface area contributed by atoms with Crippen LogP contribution in [0.1, 0.15) is 22.3 Å². The molecule has 1 aromatic heterocycles. The van der Waals surface area contributed by atoms with E-state index in [2.05, 4.69) is 5.32 Å². The van der Waals surface area contributed by atoms with Gasteiger partial charge in [-0.2, -0.15) is 11.3 Å². The van der Waals surface area contributed by atoms with Crippen LogP contribution >= 0.6 is 11.3 Å². The Hall–Kier alpha value is -2.01. The number of ether oxygens (including phenoxy) is 2. The molecule has 0 atom stereocenters. The van der Waals surface area contributed by atoms with Crippen LogP contribution in [0.3, 0.4) is 0 Å². The van der Waals surface area contributed by atoms with Gasteiger partial charge in [-0.3, -0.25) is 4.79 Å². The van der Waals surface area contributed by atoms with E-state index in [0.29, 0.717) is 36.8 Å². The molecule has 5 heteroatoms. The first kappa shape index (κ1) is 13.0. The first-order valence-corrected chi connectivity index (χ1v) is 7.46. The van der Waals surface area contributed by atoms with Gasteiger partial charge in [0.2, 0.25) is 0 Å². The van der Waals surface area contributed by atoms with Gasteiger partial charge >= 0.3 is 0 Å². The van der Waals surface area contributed by atoms with Gasteiger partial charge in [-0.15, -0.1) is 0 Å². The van der Waals surface area contributed by atoms with Crippen LogP contribution in [0, 0.1) is 0 Å². The van der Waals surface area contributed by atoms with Crippen molar-refractivity contribution < 1.29 is 14.3 Å². The fourth-order valence-corrected chi connectivity index (χ4v) is 2.65. The maximum atomic E-state index is 12.1. The predicted octanol–water partition coefficient (Wildman–Crippen LogP) is 2.84. The molecule has 2 heterocycles. The monoisotopic (exact) mass is 289 g/mol. The van der Waals surface area contributed by atoms with Gasteiger partial charge in [0.1, 0.15) is 0 Å². The standard InChI is InChI=1S/C15H15NO3S/c17-15(16-9-11-4-7-20-10-11)12-2-3-13-14(8-12)19-6-1-5-18-13/h2-4,7-8,10H,1,5-6,9H2,(H,16,17). The summed E-state index contributed by atoms with van der Waals surface area (Å²) in [7, 11) is 0. The Morgan fingerprint density at radius 2 is 2.05 bits per heavy atom. The zero-order valence-electron chi connectivity index (χ0n) is 10.9. The summed E-state index contributed by atoms with van der Waals surface area (Å²) in [5.41, 5.74) is 1.70. The Morgan fingerprint density at radius 3 is 2.85 bits per heavy atom. The van der Waals surface area contributed by atoms with Crippen LogP contribution in [0.15, 0.2) is 35.0 Å². The highest BCUT2D eigenvalue weighted by atomic mass is 32.1. The first-order valence-electron chi connectivity index (χ1n) is 6.52. The van der Waals surface area contributed by atoms with E-state index in [-0.39, 0.29) is 5.91 Å². The van der Waals surface area contributed by atoms with Crippen LogP contribution in [-0.2, 0) is 6.54 Å². The molecular weight excluding hydrogens is 274 g/mol. The van der Waals surface area contributed by atoms with Crippen molar-refractivity contribution >= 4 is 17.2 Å². The molecule has 1 aromatic carbocycles. The molecule has 1 amide bonds. The zero-order valence-corrected chi connectivity index (χ0v) is 11.7. The van der Waals surface area contributed by atoms with E-state index in [4.69, 9.17) is 9.47 Å². The van der Waals surface area contributed by atoms with Crippen LogP contribution in [0.5, 0.6) is 11.5 Å². The molecule has 1 N–H and O–H groups in total. The second-order valence-electron chi connectivity index (χ2n) is 4.53. The van der Waals surface area contributed by atoms with Gasteiger partial charge in [0.15, 0.2) is 11.5 Å². The lowest BCUT2D eigenvalue weighted by atomic mass is 10.2. The summed E-state index contributed by atoms with van der Waals surface area (Å²) in [6.45, 7) is 1.81. The van der Waals surface area contributed by atoms with Crippen molar-refractivity contribution in [3.8, 4) is 11.5 Å². The largest absolute Gasteiger partial charge is 0.490 e. The molecule has 0 unspecified atom stereocenters. The van der Waals surface area contributed by atoms with Gasteiger partial charge in [-0.25, -0.2) is 0 Å². The summed E-state index contributed by atoms with van der Waals surface area (Å²) < 4.78 is 11.1. The highest BCUT2D eigenvalue weighted by molar-refractivity contribution is 7.07. The SMILES string of the molecule is O=C(NCc1ccsc1)c1ccc2c(c1)OCCCO2. The summed E-state index contributed by atoms with van der Waals surface area (Å²) in [4.78, 5) is 12.1. The minimum Gasteiger partial charge on any atom is -0.490 e. The first-order chi connectivity index (χ1) is 9.83. The Balaban J connectivity index is 1.70. The molecule has 1 aliphatic rings. The summed E-state index contributed by atoms with van der Waals surface area (Å²) in [5.74, 6) is 1.24. The Labute approximate surface area is 121 Å². The number of hydrogen-bond donors (Lipinski definition) is 1. The molecule has 104 valence electrons. The number of carbonyl (C=O) groups is 1. The summed E-state index contributed by atoms with van der Waals surface area (Å²) in [6, 6.07) is 7.29. The number of carbonyl (C=O) groups excluding carboxylic acids is 1. The molecular formula is C15H15NO3S. The van der Waals surface area contributed by atoms with Gasteiger partial charge in [-0.05, 0) is 40.6 Å². The Kier molecular flexibility index (Phi) is 3.87. The minimum atomic E-state index is -0.105. The normalized spacial score (nSPS) is 13.6. The molecule has 0 fully saturated rings. The third-order valence-electron chi connectivity index (χ3n) is 3.04. The highest BCUT2D eigenvalue weighted by Crippen LogP contribution is 2.30. The lowest BCUT2D eigenvalue weighted by Crippen LogP contribution is -2.22. The van der Waals surface area contributed by atoms with E-state index in [1.807, 2.05) is 16.8 Å². The van der Waals surface area contributed by atoms with Crippen molar-refractivity contribution in [2.45, 2.75) is 13.0 Å². The lowest BCUT2D eigenvalue weighted by Gasteiger charge is -2.09. The second kappa shape index (κ2) is 5.96. The number of thiophene rings is 1. The highest BCUT2D eigenvalue weighted by Gasteiger charge is 2.13. The van der Waals surface area contributed by atoms with Crippen LogP contribution in [0.4, 0.5) is 0 Å². The lowest BCUT2D eigenvalue weighted by molar-refractivity contribution is 0.0950. The van der Waals surface area contributed by atoms with Crippen LogP contribution in [0.2, 0.25) is 0 Å². The van der Waals surface area contributed by atoms with Crippen LogP contribution in [-0.4, -0.2) is 19.1 Å². The smallest absolute Gasteiger partial charge is 0.251 e. The molecule has 0 radical (unpaired) electrons. The third kappa shape index (κ3) is 2.93. The molecule has 0 spiro atoms.